The van der Waals surface area contributed by atoms with Crippen molar-refractivity contribution in [3.05, 3.63) is 0 Å². The van der Waals surface area contributed by atoms with E-state index >= 15 is 0 Å². The highest BCUT2D eigenvalue weighted by Crippen LogP contribution is 2.16. The molecule has 0 aromatic carbocycles. The summed E-state index contributed by atoms with van der Waals surface area (Å²) in [5, 5.41) is 0. The zero-order valence-electron chi connectivity index (χ0n) is 8.68. The molecule has 1 heterocycles. The van der Waals surface area contributed by atoms with Gasteiger partial charge in [-0.05, 0) is 12.8 Å². The first-order valence-corrected chi connectivity index (χ1v) is 6.76. The van der Waals surface area contributed by atoms with Gasteiger partial charge in [0, 0.05) is 20.2 Å². The minimum absolute atomic E-state index is 0.00883. The molecule has 7 heteroatoms. The Kier molecular flexibility index (Phi) is 4.45. The van der Waals surface area contributed by atoms with Gasteiger partial charge in [-0.2, -0.15) is 4.31 Å². The van der Waals surface area contributed by atoms with Gasteiger partial charge >= 0.3 is 0 Å². The molecule has 0 spiro atoms. The van der Waals surface area contributed by atoms with Crippen LogP contribution in [0.25, 0.3) is 0 Å². The van der Waals surface area contributed by atoms with E-state index in [-0.39, 0.29) is 16.8 Å². The third-order valence-electron chi connectivity index (χ3n) is 2.39. The van der Waals surface area contributed by atoms with E-state index in [1.165, 1.54) is 4.31 Å². The second-order valence-corrected chi connectivity index (χ2v) is 6.07. The number of hydrogen-bond donors (Lipinski definition) is 1. The molecule has 0 aliphatic carbocycles. The smallest absolute Gasteiger partial charge is 0.220 e. The van der Waals surface area contributed by atoms with Gasteiger partial charge in [-0.25, -0.2) is 8.42 Å². The van der Waals surface area contributed by atoms with Crippen LogP contribution in [-0.4, -0.2) is 49.8 Å². The number of sulfonamides is 1. The van der Waals surface area contributed by atoms with Gasteiger partial charge in [-0.15, -0.1) is 0 Å². The van der Waals surface area contributed by atoms with Crippen molar-refractivity contribution in [3.63, 3.8) is 0 Å². The molecule has 1 saturated heterocycles. The Morgan fingerprint density at radius 2 is 2.33 bits per heavy atom. The molecule has 0 amide bonds. The Bertz CT molecular complexity index is 329. The Balaban J connectivity index is 2.66. The van der Waals surface area contributed by atoms with Gasteiger partial charge in [0.05, 0.1) is 11.1 Å². The van der Waals surface area contributed by atoms with Gasteiger partial charge in [0.2, 0.25) is 10.0 Å². The topological polar surface area (TPSA) is 72.6 Å². The Labute approximate surface area is 95.6 Å². The van der Waals surface area contributed by atoms with Crippen molar-refractivity contribution in [2.45, 2.75) is 18.9 Å². The molecule has 88 valence electrons. The van der Waals surface area contributed by atoms with Crippen molar-refractivity contribution in [1.29, 1.82) is 0 Å². The number of nitrogens with zero attached hydrogens (tertiary/aromatic N) is 1. The van der Waals surface area contributed by atoms with E-state index in [1.54, 1.807) is 7.11 Å². The summed E-state index contributed by atoms with van der Waals surface area (Å²) in [6, 6.07) is 0. The summed E-state index contributed by atoms with van der Waals surface area (Å²) in [7, 11) is -1.75. The summed E-state index contributed by atoms with van der Waals surface area (Å²) >= 11 is 4.61. The van der Waals surface area contributed by atoms with Gasteiger partial charge in [0.25, 0.3) is 0 Å². The minimum atomic E-state index is -3.34. The maximum Gasteiger partial charge on any atom is 0.220 e. The van der Waals surface area contributed by atoms with Crippen molar-refractivity contribution in [2.24, 2.45) is 5.73 Å². The second kappa shape index (κ2) is 5.20. The van der Waals surface area contributed by atoms with Crippen LogP contribution in [0.15, 0.2) is 0 Å². The van der Waals surface area contributed by atoms with Crippen LogP contribution in [0.5, 0.6) is 0 Å². The molecule has 1 rings (SSSR count). The Hall–Kier alpha value is -0.240. The molecule has 0 aromatic heterocycles. The molecule has 5 nitrogen and oxygen atoms in total. The van der Waals surface area contributed by atoms with E-state index in [0.29, 0.717) is 13.1 Å². The molecule has 0 bridgehead atoms. The number of thiocarbonyl (C=S) groups is 1. The third-order valence-corrected chi connectivity index (χ3v) is 4.51. The van der Waals surface area contributed by atoms with E-state index in [1.807, 2.05) is 0 Å². The molecule has 0 saturated carbocycles. The van der Waals surface area contributed by atoms with Gasteiger partial charge in [-0.3, -0.25) is 0 Å². The quantitative estimate of drug-likeness (QED) is 0.696. The van der Waals surface area contributed by atoms with Crippen LogP contribution in [0.3, 0.4) is 0 Å². The fraction of sp³-hybridized carbons (Fsp3) is 0.875. The molecule has 1 aliphatic heterocycles. The zero-order valence-corrected chi connectivity index (χ0v) is 10.3. The number of nitrogens with two attached hydrogens (primary N) is 1. The van der Waals surface area contributed by atoms with E-state index in [2.05, 4.69) is 12.2 Å². The molecule has 1 aliphatic rings. The number of piperidine rings is 1. The van der Waals surface area contributed by atoms with Gasteiger partial charge in [-0.1, -0.05) is 12.2 Å². The van der Waals surface area contributed by atoms with Crippen molar-refractivity contribution in [3.8, 4) is 0 Å². The molecule has 2 N–H and O–H groups in total. The SMILES string of the molecule is COC1CCCN(S(=O)(=O)CC(N)=S)C1. The summed E-state index contributed by atoms with van der Waals surface area (Å²) < 4.78 is 30.1. The van der Waals surface area contributed by atoms with Crippen LogP contribution in [-0.2, 0) is 14.8 Å². The number of methoxy groups -OCH3 is 1. The average molecular weight is 252 g/mol. The maximum absolute atomic E-state index is 11.8. The van der Waals surface area contributed by atoms with Crippen molar-refractivity contribution >= 4 is 27.2 Å². The standard InChI is InChI=1S/C8H16N2O3S2/c1-13-7-3-2-4-10(5-7)15(11,12)6-8(9)14/h7H,2-6H2,1H3,(H2,9,14). The molecular formula is C8H16N2O3S2. The van der Waals surface area contributed by atoms with Crippen LogP contribution in [0.4, 0.5) is 0 Å². The monoisotopic (exact) mass is 252 g/mol. The van der Waals surface area contributed by atoms with E-state index < -0.39 is 10.0 Å². The predicted octanol–water partition coefficient (Wildman–Crippen LogP) is -0.287. The van der Waals surface area contributed by atoms with Crippen LogP contribution >= 0.6 is 12.2 Å². The number of hydrogen-bond acceptors (Lipinski definition) is 4. The molecule has 0 aromatic rings. The van der Waals surface area contributed by atoms with Crippen LogP contribution in [0.1, 0.15) is 12.8 Å². The summed E-state index contributed by atoms with van der Waals surface area (Å²) in [5.74, 6) is -0.251. The lowest BCUT2D eigenvalue weighted by Crippen LogP contribution is -2.45. The average Bonchev–Trinajstić information content (AvgIpc) is 2.16. The minimum Gasteiger partial charge on any atom is -0.392 e. The molecular weight excluding hydrogens is 236 g/mol. The van der Waals surface area contributed by atoms with E-state index in [4.69, 9.17) is 10.5 Å². The van der Waals surface area contributed by atoms with Gasteiger partial charge in [0.15, 0.2) is 0 Å². The first-order chi connectivity index (χ1) is 6.95. The first kappa shape index (κ1) is 12.8. The highest BCUT2D eigenvalue weighted by atomic mass is 32.2. The van der Waals surface area contributed by atoms with Crippen molar-refractivity contribution in [2.75, 3.05) is 26.0 Å². The number of ether oxygens (including phenoxy) is 1. The molecule has 0 radical (unpaired) electrons. The zero-order chi connectivity index (χ0) is 11.5. The lowest BCUT2D eigenvalue weighted by Gasteiger charge is -2.30. The number of rotatable bonds is 4. The maximum atomic E-state index is 11.8. The Morgan fingerprint density at radius 3 is 2.87 bits per heavy atom. The van der Waals surface area contributed by atoms with E-state index in [0.717, 1.165) is 12.8 Å². The molecule has 1 atom stereocenters. The fourth-order valence-corrected chi connectivity index (χ4v) is 3.41. The summed E-state index contributed by atoms with van der Waals surface area (Å²) in [6.45, 7) is 0.937. The third kappa shape index (κ3) is 3.67. The molecule has 15 heavy (non-hydrogen) atoms. The lowest BCUT2D eigenvalue weighted by atomic mass is 10.1. The summed E-state index contributed by atoms with van der Waals surface area (Å²) in [5.41, 5.74) is 5.25. The van der Waals surface area contributed by atoms with Crippen molar-refractivity contribution < 1.29 is 13.2 Å². The van der Waals surface area contributed by atoms with Crippen LogP contribution < -0.4 is 5.73 Å². The summed E-state index contributed by atoms with van der Waals surface area (Å²) in [4.78, 5) is 0.00883. The van der Waals surface area contributed by atoms with Crippen molar-refractivity contribution in [1.82, 2.24) is 4.31 Å². The summed E-state index contributed by atoms with van der Waals surface area (Å²) in [6.07, 6.45) is 1.70. The molecule has 1 fully saturated rings. The normalized spacial score (nSPS) is 23.9. The first-order valence-electron chi connectivity index (χ1n) is 4.74. The van der Waals surface area contributed by atoms with E-state index in [9.17, 15) is 8.42 Å². The van der Waals surface area contributed by atoms with Crippen LogP contribution in [0.2, 0.25) is 0 Å². The second-order valence-electron chi connectivity index (χ2n) is 3.58. The van der Waals surface area contributed by atoms with Crippen LogP contribution in [0, 0.1) is 0 Å². The Morgan fingerprint density at radius 1 is 1.67 bits per heavy atom. The van der Waals surface area contributed by atoms with Gasteiger partial charge in [0.1, 0.15) is 5.75 Å². The highest BCUT2D eigenvalue weighted by Gasteiger charge is 2.29. The lowest BCUT2D eigenvalue weighted by molar-refractivity contribution is 0.0573. The highest BCUT2D eigenvalue weighted by molar-refractivity contribution is 7.92. The molecule has 1 unspecified atom stereocenters. The predicted molar refractivity (Wildman–Crippen MR) is 62.2 cm³/mol. The van der Waals surface area contributed by atoms with Gasteiger partial charge < -0.3 is 10.5 Å². The largest absolute Gasteiger partial charge is 0.392 e. The fourth-order valence-electron chi connectivity index (χ4n) is 1.62.